The number of hydrogen-bond donors (Lipinski definition) is 2. The molecule has 1 aromatic rings. The van der Waals surface area contributed by atoms with Crippen LogP contribution in [0.2, 0.25) is 0 Å². The van der Waals surface area contributed by atoms with Gasteiger partial charge in [0.2, 0.25) is 0 Å². The summed E-state index contributed by atoms with van der Waals surface area (Å²) in [6, 6.07) is 6.98. The largest absolute Gasteiger partial charge is 0.462 e. The van der Waals surface area contributed by atoms with Gasteiger partial charge in [-0.05, 0) is 44.0 Å². The lowest BCUT2D eigenvalue weighted by Gasteiger charge is -2.07. The van der Waals surface area contributed by atoms with Gasteiger partial charge in [0.1, 0.15) is 0 Å². The summed E-state index contributed by atoms with van der Waals surface area (Å²) in [6.45, 7) is 2.81. The summed E-state index contributed by atoms with van der Waals surface area (Å²) in [5.41, 5.74) is 1.40. The van der Waals surface area contributed by atoms with E-state index in [1.807, 2.05) is 0 Å². The molecule has 0 radical (unpaired) electrons. The standard InChI is InChI=1S/C14H21NO5S/c1-2-20-14(16)12-6-8-13(9-7-12)15-10-4-3-5-11-21(17,18)19/h6-9,15H,2-5,10-11H2,1H3,(H,17,18,19). The minimum atomic E-state index is -3.85. The summed E-state index contributed by atoms with van der Waals surface area (Å²) in [4.78, 5) is 11.5. The fraction of sp³-hybridized carbons (Fsp3) is 0.500. The van der Waals surface area contributed by atoms with Gasteiger partial charge in [-0.3, -0.25) is 4.55 Å². The topological polar surface area (TPSA) is 92.7 Å². The van der Waals surface area contributed by atoms with Crippen molar-refractivity contribution in [1.29, 1.82) is 0 Å². The maximum absolute atomic E-state index is 11.5. The Kier molecular flexibility index (Phi) is 7.18. The molecule has 0 bridgehead atoms. The number of rotatable bonds is 9. The van der Waals surface area contributed by atoms with E-state index in [0.717, 1.165) is 12.1 Å². The van der Waals surface area contributed by atoms with Gasteiger partial charge in [-0.15, -0.1) is 0 Å². The molecule has 0 saturated carbocycles. The van der Waals surface area contributed by atoms with Crippen LogP contribution in [0.3, 0.4) is 0 Å². The van der Waals surface area contributed by atoms with Gasteiger partial charge >= 0.3 is 5.97 Å². The average Bonchev–Trinajstić information content (AvgIpc) is 2.42. The lowest BCUT2D eigenvalue weighted by Crippen LogP contribution is -2.06. The maximum atomic E-state index is 11.5. The van der Waals surface area contributed by atoms with Crippen molar-refractivity contribution in [1.82, 2.24) is 0 Å². The fourth-order valence-electron chi connectivity index (χ4n) is 1.76. The zero-order chi connectivity index (χ0) is 15.7. The van der Waals surface area contributed by atoms with E-state index in [1.165, 1.54) is 0 Å². The summed E-state index contributed by atoms with van der Waals surface area (Å²) in [7, 11) is -3.85. The third kappa shape index (κ3) is 7.67. The Hall–Kier alpha value is -1.60. The van der Waals surface area contributed by atoms with Crippen LogP contribution in [-0.4, -0.2) is 37.8 Å². The number of carbonyl (C=O) groups is 1. The van der Waals surface area contributed by atoms with Crippen LogP contribution < -0.4 is 5.32 Å². The minimum Gasteiger partial charge on any atom is -0.462 e. The van der Waals surface area contributed by atoms with E-state index in [-0.39, 0.29) is 11.7 Å². The number of hydrogen-bond acceptors (Lipinski definition) is 5. The number of nitrogens with one attached hydrogen (secondary N) is 1. The average molecular weight is 315 g/mol. The van der Waals surface area contributed by atoms with Crippen LogP contribution in [0, 0.1) is 0 Å². The Morgan fingerprint density at radius 1 is 1.19 bits per heavy atom. The van der Waals surface area contributed by atoms with Crippen molar-refractivity contribution in [3.8, 4) is 0 Å². The molecule has 0 amide bonds. The van der Waals surface area contributed by atoms with Crippen LogP contribution in [0.4, 0.5) is 5.69 Å². The highest BCUT2D eigenvalue weighted by Crippen LogP contribution is 2.11. The summed E-state index contributed by atoms with van der Waals surface area (Å²) < 4.78 is 34.5. The molecule has 21 heavy (non-hydrogen) atoms. The molecule has 0 heterocycles. The molecule has 0 fully saturated rings. The predicted molar refractivity (Wildman–Crippen MR) is 81.2 cm³/mol. The van der Waals surface area contributed by atoms with Gasteiger partial charge in [0.15, 0.2) is 0 Å². The first-order valence-electron chi connectivity index (χ1n) is 6.88. The SMILES string of the molecule is CCOC(=O)c1ccc(NCCCCCS(=O)(=O)O)cc1. The first-order valence-corrected chi connectivity index (χ1v) is 8.49. The highest BCUT2D eigenvalue weighted by atomic mass is 32.2. The molecule has 2 N–H and O–H groups in total. The molecule has 1 aromatic carbocycles. The molecule has 0 aliphatic heterocycles. The Morgan fingerprint density at radius 3 is 2.43 bits per heavy atom. The molecule has 118 valence electrons. The number of benzene rings is 1. The Balaban J connectivity index is 2.25. The van der Waals surface area contributed by atoms with Crippen LogP contribution in [0.5, 0.6) is 0 Å². The van der Waals surface area contributed by atoms with Crippen LogP contribution in [-0.2, 0) is 14.9 Å². The van der Waals surface area contributed by atoms with Gasteiger partial charge in [0, 0.05) is 12.2 Å². The van der Waals surface area contributed by atoms with E-state index in [9.17, 15) is 13.2 Å². The van der Waals surface area contributed by atoms with E-state index in [0.29, 0.717) is 31.6 Å². The van der Waals surface area contributed by atoms with Gasteiger partial charge in [0.25, 0.3) is 10.1 Å². The molecule has 7 heteroatoms. The molecular weight excluding hydrogens is 294 g/mol. The molecule has 0 aliphatic rings. The highest BCUT2D eigenvalue weighted by molar-refractivity contribution is 7.85. The number of unbranched alkanes of at least 4 members (excludes halogenated alkanes) is 2. The van der Waals surface area contributed by atoms with Crippen LogP contribution in [0.1, 0.15) is 36.5 Å². The third-order valence-corrected chi connectivity index (χ3v) is 3.61. The van der Waals surface area contributed by atoms with Gasteiger partial charge in [-0.1, -0.05) is 6.42 Å². The molecule has 0 unspecified atom stereocenters. The monoisotopic (exact) mass is 315 g/mol. The van der Waals surface area contributed by atoms with E-state index >= 15 is 0 Å². The number of anilines is 1. The Bertz CT molecular complexity index is 539. The van der Waals surface area contributed by atoms with Crippen molar-refractivity contribution >= 4 is 21.8 Å². The summed E-state index contributed by atoms with van der Waals surface area (Å²) in [5.74, 6) is -0.532. The second-order valence-electron chi connectivity index (χ2n) is 4.57. The summed E-state index contributed by atoms with van der Waals surface area (Å²) in [5, 5.41) is 3.18. The van der Waals surface area contributed by atoms with Crippen molar-refractivity contribution in [3.63, 3.8) is 0 Å². The fourth-order valence-corrected chi connectivity index (χ4v) is 2.33. The van der Waals surface area contributed by atoms with Gasteiger partial charge in [-0.2, -0.15) is 8.42 Å². The van der Waals surface area contributed by atoms with E-state index in [1.54, 1.807) is 31.2 Å². The van der Waals surface area contributed by atoms with E-state index < -0.39 is 10.1 Å². The Morgan fingerprint density at radius 2 is 1.86 bits per heavy atom. The molecule has 0 saturated heterocycles. The zero-order valence-corrected chi connectivity index (χ0v) is 12.9. The molecule has 0 aromatic heterocycles. The maximum Gasteiger partial charge on any atom is 0.338 e. The lowest BCUT2D eigenvalue weighted by molar-refractivity contribution is 0.0526. The Labute approximate surface area is 125 Å². The van der Waals surface area contributed by atoms with Crippen molar-refractivity contribution < 1.29 is 22.5 Å². The first kappa shape index (κ1) is 17.5. The summed E-state index contributed by atoms with van der Waals surface area (Å²) in [6.07, 6.45) is 1.96. The molecule has 6 nitrogen and oxygen atoms in total. The number of esters is 1. The first-order chi connectivity index (χ1) is 9.92. The van der Waals surface area contributed by atoms with Crippen LogP contribution in [0.25, 0.3) is 0 Å². The zero-order valence-electron chi connectivity index (χ0n) is 12.0. The second kappa shape index (κ2) is 8.63. The molecule has 1 rings (SSSR count). The molecule has 0 aliphatic carbocycles. The van der Waals surface area contributed by atoms with Gasteiger partial charge in [-0.25, -0.2) is 4.79 Å². The quantitative estimate of drug-likeness (QED) is 0.413. The lowest BCUT2D eigenvalue weighted by atomic mass is 10.2. The van der Waals surface area contributed by atoms with Crippen molar-refractivity contribution in [3.05, 3.63) is 29.8 Å². The number of ether oxygens (including phenoxy) is 1. The minimum absolute atomic E-state index is 0.193. The molecule has 0 atom stereocenters. The van der Waals surface area contributed by atoms with Gasteiger partial charge in [0.05, 0.1) is 17.9 Å². The summed E-state index contributed by atoms with van der Waals surface area (Å²) >= 11 is 0. The van der Waals surface area contributed by atoms with Crippen LogP contribution >= 0.6 is 0 Å². The number of carbonyl (C=O) groups excluding carboxylic acids is 1. The van der Waals surface area contributed by atoms with Crippen molar-refractivity contribution in [2.24, 2.45) is 0 Å². The van der Waals surface area contributed by atoms with E-state index in [2.05, 4.69) is 5.32 Å². The van der Waals surface area contributed by atoms with Crippen molar-refractivity contribution in [2.45, 2.75) is 26.2 Å². The van der Waals surface area contributed by atoms with Crippen LogP contribution in [0.15, 0.2) is 24.3 Å². The normalized spacial score (nSPS) is 11.1. The van der Waals surface area contributed by atoms with Crippen molar-refractivity contribution in [2.75, 3.05) is 24.2 Å². The second-order valence-corrected chi connectivity index (χ2v) is 6.14. The highest BCUT2D eigenvalue weighted by Gasteiger charge is 2.05. The smallest absolute Gasteiger partial charge is 0.338 e. The predicted octanol–water partition coefficient (Wildman–Crippen LogP) is 2.33. The molecule has 0 spiro atoms. The van der Waals surface area contributed by atoms with E-state index in [4.69, 9.17) is 9.29 Å². The van der Waals surface area contributed by atoms with Gasteiger partial charge < -0.3 is 10.1 Å². The molecular formula is C14H21NO5S. The third-order valence-electron chi connectivity index (χ3n) is 2.80.